The summed E-state index contributed by atoms with van der Waals surface area (Å²) in [6.45, 7) is 6.29. The van der Waals surface area contributed by atoms with Gasteiger partial charge in [-0.05, 0) is 69.3 Å². The van der Waals surface area contributed by atoms with Gasteiger partial charge in [0.25, 0.3) is 0 Å². The van der Waals surface area contributed by atoms with E-state index in [4.69, 9.17) is 20.8 Å². The van der Waals surface area contributed by atoms with Gasteiger partial charge in [0, 0.05) is 28.0 Å². The van der Waals surface area contributed by atoms with Gasteiger partial charge >= 0.3 is 5.91 Å². The average molecular weight is 454 g/mol. The molecule has 0 unspecified atom stereocenters. The molecule has 2 aromatic heterocycles. The Bertz CT molecular complexity index is 1340. The molecule has 6 nitrogen and oxygen atoms in total. The van der Waals surface area contributed by atoms with Crippen molar-refractivity contribution in [3.05, 3.63) is 82.1 Å². The highest BCUT2D eigenvalue weighted by atomic mass is 35.5. The number of ether oxygens (including phenoxy) is 1. The lowest BCUT2D eigenvalue weighted by Crippen LogP contribution is -2.16. The second-order valence-electron chi connectivity index (χ2n) is 7.20. The summed E-state index contributed by atoms with van der Waals surface area (Å²) in [4.78, 5) is 12.5. The largest absolute Gasteiger partial charge is 0.494 e. The van der Waals surface area contributed by atoms with Gasteiger partial charge in [-0.1, -0.05) is 11.6 Å². The SMILES string of the molecule is CCOc1ccc2oc(C(=O)N/N=C/c3cc(C)n(-c4ccc(F)c(Cl)c4)c3C)cc2c1. The van der Waals surface area contributed by atoms with Crippen LogP contribution in [0.25, 0.3) is 16.7 Å². The first-order valence-electron chi connectivity index (χ1n) is 10.0. The zero-order chi connectivity index (χ0) is 22.8. The normalized spacial score (nSPS) is 11.4. The van der Waals surface area contributed by atoms with Crippen molar-refractivity contribution in [3.8, 4) is 11.4 Å². The van der Waals surface area contributed by atoms with Gasteiger partial charge in [-0.3, -0.25) is 4.79 Å². The van der Waals surface area contributed by atoms with Gasteiger partial charge in [0.05, 0.1) is 17.8 Å². The maximum absolute atomic E-state index is 13.5. The molecule has 1 amide bonds. The summed E-state index contributed by atoms with van der Waals surface area (Å²) in [5, 5.41) is 4.89. The Morgan fingerprint density at radius 3 is 2.78 bits per heavy atom. The van der Waals surface area contributed by atoms with Crippen molar-refractivity contribution in [3.63, 3.8) is 0 Å². The molecular weight excluding hydrogens is 433 g/mol. The van der Waals surface area contributed by atoms with Gasteiger partial charge in [0.15, 0.2) is 5.76 Å². The van der Waals surface area contributed by atoms with Crippen LogP contribution in [0.5, 0.6) is 5.75 Å². The van der Waals surface area contributed by atoms with Gasteiger partial charge in [0.2, 0.25) is 0 Å². The van der Waals surface area contributed by atoms with E-state index in [-0.39, 0.29) is 10.8 Å². The summed E-state index contributed by atoms with van der Waals surface area (Å²) < 4.78 is 26.5. The standard InChI is InChI=1S/C24H21ClFN3O3/c1-4-31-19-6-8-22-16(10-19)11-23(32-22)24(30)28-27-13-17-9-14(2)29(15(17)3)18-5-7-21(26)20(25)12-18/h5-13H,4H2,1-3H3,(H,28,30)/b27-13+. The van der Waals surface area contributed by atoms with Gasteiger partial charge in [-0.25, -0.2) is 9.82 Å². The monoisotopic (exact) mass is 453 g/mol. The van der Waals surface area contributed by atoms with E-state index in [0.29, 0.717) is 17.9 Å². The highest BCUT2D eigenvalue weighted by Gasteiger charge is 2.14. The predicted molar refractivity (Wildman–Crippen MR) is 123 cm³/mol. The molecule has 0 aliphatic rings. The number of carbonyl (C=O) groups excluding carboxylic acids is 1. The van der Waals surface area contributed by atoms with Crippen molar-refractivity contribution in [2.24, 2.45) is 5.10 Å². The number of nitrogens with zero attached hydrogens (tertiary/aromatic N) is 2. The van der Waals surface area contributed by atoms with Crippen molar-refractivity contribution in [2.45, 2.75) is 20.8 Å². The van der Waals surface area contributed by atoms with E-state index in [0.717, 1.165) is 28.0 Å². The Kier molecular flexibility index (Phi) is 6.01. The zero-order valence-electron chi connectivity index (χ0n) is 17.8. The van der Waals surface area contributed by atoms with Gasteiger partial charge in [-0.2, -0.15) is 5.10 Å². The lowest BCUT2D eigenvalue weighted by Gasteiger charge is -2.10. The van der Waals surface area contributed by atoms with Gasteiger partial charge < -0.3 is 13.7 Å². The number of benzene rings is 2. The molecule has 164 valence electrons. The highest BCUT2D eigenvalue weighted by molar-refractivity contribution is 6.30. The first kappa shape index (κ1) is 21.6. The number of nitrogens with one attached hydrogen (secondary N) is 1. The number of rotatable bonds is 6. The Balaban J connectivity index is 1.51. The van der Waals surface area contributed by atoms with Crippen LogP contribution in [-0.2, 0) is 0 Å². The number of halogens is 2. The minimum Gasteiger partial charge on any atom is -0.494 e. The molecule has 2 aromatic carbocycles. The number of fused-ring (bicyclic) bond motifs is 1. The van der Waals surface area contributed by atoms with Crippen LogP contribution in [0.4, 0.5) is 4.39 Å². The Morgan fingerprint density at radius 2 is 2.03 bits per heavy atom. The molecule has 8 heteroatoms. The second-order valence-corrected chi connectivity index (χ2v) is 7.61. The minimum atomic E-state index is -0.470. The molecule has 0 saturated heterocycles. The smallest absolute Gasteiger partial charge is 0.307 e. The summed E-state index contributed by atoms with van der Waals surface area (Å²) in [5.74, 6) is -0.0718. The van der Waals surface area contributed by atoms with E-state index >= 15 is 0 Å². The fraction of sp³-hybridized carbons (Fsp3) is 0.167. The Labute approximate surface area is 189 Å². The van der Waals surface area contributed by atoms with Crippen LogP contribution in [0, 0.1) is 19.7 Å². The Morgan fingerprint density at radius 1 is 1.22 bits per heavy atom. The molecule has 2 heterocycles. The first-order valence-corrected chi connectivity index (χ1v) is 10.4. The molecule has 1 N–H and O–H groups in total. The number of carbonyl (C=O) groups is 1. The van der Waals surface area contributed by atoms with E-state index in [1.54, 1.807) is 36.5 Å². The van der Waals surface area contributed by atoms with E-state index in [9.17, 15) is 9.18 Å². The number of amides is 1. The molecule has 32 heavy (non-hydrogen) atoms. The lowest BCUT2D eigenvalue weighted by molar-refractivity contribution is 0.0929. The van der Waals surface area contributed by atoms with Crippen LogP contribution in [-0.4, -0.2) is 23.3 Å². The van der Waals surface area contributed by atoms with Crippen LogP contribution in [0.1, 0.15) is 34.4 Å². The first-order chi connectivity index (χ1) is 15.4. The highest BCUT2D eigenvalue weighted by Crippen LogP contribution is 2.25. The van der Waals surface area contributed by atoms with Crippen LogP contribution in [0.15, 0.2) is 58.0 Å². The fourth-order valence-corrected chi connectivity index (χ4v) is 3.72. The van der Waals surface area contributed by atoms with Crippen LogP contribution >= 0.6 is 11.6 Å². The molecule has 0 atom stereocenters. The van der Waals surface area contributed by atoms with E-state index in [1.165, 1.54) is 6.07 Å². The van der Waals surface area contributed by atoms with Gasteiger partial charge in [-0.15, -0.1) is 0 Å². The quantitative estimate of drug-likeness (QED) is 0.296. The molecule has 0 fully saturated rings. The molecule has 4 aromatic rings. The van der Waals surface area contributed by atoms with E-state index in [1.807, 2.05) is 37.5 Å². The molecule has 0 radical (unpaired) electrons. The Hall–Kier alpha value is -3.58. The third kappa shape index (κ3) is 4.24. The third-order valence-electron chi connectivity index (χ3n) is 5.02. The average Bonchev–Trinajstić information content (AvgIpc) is 3.31. The number of aromatic nitrogens is 1. The van der Waals surface area contributed by atoms with Crippen molar-refractivity contribution in [1.29, 1.82) is 0 Å². The van der Waals surface area contributed by atoms with Crippen LogP contribution in [0.3, 0.4) is 0 Å². The van der Waals surface area contributed by atoms with E-state index in [2.05, 4.69) is 10.5 Å². The minimum absolute atomic E-state index is 0.0525. The van der Waals surface area contributed by atoms with Crippen LogP contribution in [0.2, 0.25) is 5.02 Å². The second kappa shape index (κ2) is 8.88. The number of hydrazone groups is 1. The summed E-state index contributed by atoms with van der Waals surface area (Å²) >= 11 is 5.93. The molecule has 4 rings (SSSR count). The summed E-state index contributed by atoms with van der Waals surface area (Å²) in [7, 11) is 0. The van der Waals surface area contributed by atoms with Crippen LogP contribution < -0.4 is 10.2 Å². The maximum atomic E-state index is 13.5. The number of hydrogen-bond acceptors (Lipinski definition) is 4. The summed E-state index contributed by atoms with van der Waals surface area (Å²) in [6, 6.07) is 13.5. The van der Waals surface area contributed by atoms with Gasteiger partial charge in [0.1, 0.15) is 17.1 Å². The van der Waals surface area contributed by atoms with Crippen molar-refractivity contribution in [2.75, 3.05) is 6.61 Å². The number of aryl methyl sites for hydroxylation is 1. The molecule has 0 aliphatic carbocycles. The van der Waals surface area contributed by atoms with Crippen molar-refractivity contribution < 1.29 is 18.3 Å². The molecule has 0 spiro atoms. The predicted octanol–water partition coefficient (Wildman–Crippen LogP) is 5.80. The maximum Gasteiger partial charge on any atom is 0.307 e. The number of hydrogen-bond donors (Lipinski definition) is 1. The fourth-order valence-electron chi connectivity index (χ4n) is 3.55. The van der Waals surface area contributed by atoms with Crippen molar-refractivity contribution >= 4 is 34.7 Å². The molecule has 0 saturated carbocycles. The molecular formula is C24H21ClFN3O3. The number of furan rings is 1. The third-order valence-corrected chi connectivity index (χ3v) is 5.31. The van der Waals surface area contributed by atoms with E-state index < -0.39 is 11.7 Å². The topological polar surface area (TPSA) is 68.8 Å². The molecule has 0 aliphatic heterocycles. The van der Waals surface area contributed by atoms with Crippen molar-refractivity contribution in [1.82, 2.24) is 9.99 Å². The zero-order valence-corrected chi connectivity index (χ0v) is 18.5. The summed E-state index contributed by atoms with van der Waals surface area (Å²) in [6.07, 6.45) is 1.55. The lowest BCUT2D eigenvalue weighted by atomic mass is 10.2. The summed E-state index contributed by atoms with van der Waals surface area (Å²) in [5.41, 5.74) is 6.40. The molecule has 0 bridgehead atoms.